The number of anilines is 1. The first-order valence-corrected chi connectivity index (χ1v) is 8.72. The highest BCUT2D eigenvalue weighted by molar-refractivity contribution is 6.10. The number of hydrogen-bond acceptors (Lipinski definition) is 3. The van der Waals surface area contributed by atoms with Crippen molar-refractivity contribution in [2.75, 3.05) is 11.9 Å². The zero-order chi connectivity index (χ0) is 19.4. The van der Waals surface area contributed by atoms with Crippen LogP contribution in [0, 0.1) is 5.82 Å². The maximum Gasteiger partial charge on any atom is 0.325 e. The van der Waals surface area contributed by atoms with Gasteiger partial charge in [-0.25, -0.2) is 9.18 Å². The molecule has 0 saturated carbocycles. The van der Waals surface area contributed by atoms with E-state index >= 15 is 0 Å². The number of carbonyl (C=O) groups is 3. The van der Waals surface area contributed by atoms with Gasteiger partial charge in [-0.05, 0) is 24.1 Å². The molecule has 1 aliphatic rings. The highest BCUT2D eigenvalue weighted by atomic mass is 19.1. The molecule has 1 fully saturated rings. The average Bonchev–Trinajstić information content (AvgIpc) is 2.90. The molecule has 140 valence electrons. The Kier molecular flexibility index (Phi) is 5.21. The lowest BCUT2D eigenvalue weighted by molar-refractivity contribution is -0.134. The van der Waals surface area contributed by atoms with Gasteiger partial charge in [0, 0.05) is 0 Å². The monoisotopic (exact) mass is 369 g/mol. The number of nitrogens with zero attached hydrogens (tertiary/aromatic N) is 1. The summed E-state index contributed by atoms with van der Waals surface area (Å²) in [6, 6.07) is 14.0. The van der Waals surface area contributed by atoms with E-state index in [-0.39, 0.29) is 5.69 Å². The molecule has 7 heteroatoms. The zero-order valence-corrected chi connectivity index (χ0v) is 14.9. The van der Waals surface area contributed by atoms with Crippen molar-refractivity contribution in [2.45, 2.75) is 25.3 Å². The molecule has 4 amide bonds. The molecule has 2 N–H and O–H groups in total. The van der Waals surface area contributed by atoms with Gasteiger partial charge in [0.2, 0.25) is 5.91 Å². The molecule has 1 heterocycles. The van der Waals surface area contributed by atoms with Crippen LogP contribution >= 0.6 is 0 Å². The molecule has 0 radical (unpaired) electrons. The van der Waals surface area contributed by atoms with E-state index in [1.54, 1.807) is 30.3 Å². The second-order valence-electron chi connectivity index (χ2n) is 6.37. The summed E-state index contributed by atoms with van der Waals surface area (Å²) in [7, 11) is 0. The molecule has 2 aromatic rings. The lowest BCUT2D eigenvalue weighted by atomic mass is 9.85. The van der Waals surface area contributed by atoms with E-state index in [1.165, 1.54) is 18.2 Å². The predicted molar refractivity (Wildman–Crippen MR) is 98.3 cm³/mol. The molecular weight excluding hydrogens is 349 g/mol. The van der Waals surface area contributed by atoms with Gasteiger partial charge in [0.15, 0.2) is 0 Å². The number of halogens is 1. The molecular formula is C20H20FN3O3. The average molecular weight is 369 g/mol. The standard InChI is InChI=1S/C20H20FN3O3/c1-2-12-20(14-8-4-3-5-9-14)18(26)24(19(27)23-20)13-17(25)22-16-11-7-6-10-15(16)21/h3-11H,2,12-13H2,1H3,(H,22,25)(H,23,27). The van der Waals surface area contributed by atoms with Crippen LogP contribution in [-0.2, 0) is 15.1 Å². The first-order chi connectivity index (χ1) is 13.0. The molecule has 1 atom stereocenters. The third-order valence-corrected chi connectivity index (χ3v) is 4.52. The second-order valence-corrected chi connectivity index (χ2v) is 6.37. The third kappa shape index (κ3) is 3.53. The molecule has 1 saturated heterocycles. The minimum atomic E-state index is -1.19. The Morgan fingerprint density at radius 2 is 1.78 bits per heavy atom. The number of carbonyl (C=O) groups excluding carboxylic acids is 3. The Balaban J connectivity index is 1.81. The highest BCUT2D eigenvalue weighted by Crippen LogP contribution is 2.33. The van der Waals surface area contributed by atoms with Gasteiger partial charge in [-0.3, -0.25) is 14.5 Å². The normalized spacial score (nSPS) is 19.1. The summed E-state index contributed by atoms with van der Waals surface area (Å²) in [6.45, 7) is 1.43. The van der Waals surface area contributed by atoms with Crippen LogP contribution in [0.4, 0.5) is 14.9 Å². The van der Waals surface area contributed by atoms with Crippen LogP contribution in [0.15, 0.2) is 54.6 Å². The van der Waals surface area contributed by atoms with E-state index in [0.29, 0.717) is 18.4 Å². The first kappa shape index (κ1) is 18.6. The van der Waals surface area contributed by atoms with E-state index in [9.17, 15) is 18.8 Å². The second kappa shape index (κ2) is 7.57. The molecule has 0 spiro atoms. The largest absolute Gasteiger partial charge is 0.325 e. The van der Waals surface area contributed by atoms with Crippen molar-refractivity contribution in [3.05, 3.63) is 66.0 Å². The molecule has 27 heavy (non-hydrogen) atoms. The first-order valence-electron chi connectivity index (χ1n) is 8.72. The minimum Gasteiger partial charge on any atom is -0.322 e. The van der Waals surface area contributed by atoms with Gasteiger partial charge in [0.05, 0.1) is 5.69 Å². The van der Waals surface area contributed by atoms with Crippen LogP contribution in [0.25, 0.3) is 0 Å². The number of hydrogen-bond donors (Lipinski definition) is 2. The van der Waals surface area contributed by atoms with Crippen molar-refractivity contribution in [3.63, 3.8) is 0 Å². The SMILES string of the molecule is CCCC1(c2ccccc2)NC(=O)N(CC(=O)Nc2ccccc2F)C1=O. The van der Waals surface area contributed by atoms with Gasteiger partial charge >= 0.3 is 6.03 Å². The van der Waals surface area contributed by atoms with Crippen LogP contribution in [0.1, 0.15) is 25.3 Å². The molecule has 6 nitrogen and oxygen atoms in total. The molecule has 0 aliphatic carbocycles. The van der Waals surface area contributed by atoms with E-state index < -0.39 is 35.7 Å². The quantitative estimate of drug-likeness (QED) is 0.769. The number of urea groups is 1. The number of rotatable bonds is 6. The number of nitrogens with one attached hydrogen (secondary N) is 2. The van der Waals surface area contributed by atoms with Crippen LogP contribution < -0.4 is 10.6 Å². The van der Waals surface area contributed by atoms with Gasteiger partial charge in [-0.15, -0.1) is 0 Å². The molecule has 1 aliphatic heterocycles. The molecule has 3 rings (SSSR count). The molecule has 2 aromatic carbocycles. The van der Waals surface area contributed by atoms with E-state index in [1.807, 2.05) is 13.0 Å². The van der Waals surface area contributed by atoms with Crippen molar-refractivity contribution in [1.29, 1.82) is 0 Å². The van der Waals surface area contributed by atoms with Crippen LogP contribution in [0.5, 0.6) is 0 Å². The van der Waals surface area contributed by atoms with Gasteiger partial charge < -0.3 is 10.6 Å². The number of benzene rings is 2. The van der Waals surface area contributed by atoms with E-state index in [4.69, 9.17) is 0 Å². The van der Waals surface area contributed by atoms with Crippen LogP contribution in [0.2, 0.25) is 0 Å². The van der Waals surface area contributed by atoms with Crippen molar-refractivity contribution >= 4 is 23.5 Å². The Morgan fingerprint density at radius 3 is 2.44 bits per heavy atom. The maximum absolute atomic E-state index is 13.7. The number of imide groups is 1. The fraction of sp³-hybridized carbons (Fsp3) is 0.250. The zero-order valence-electron chi connectivity index (χ0n) is 14.9. The predicted octanol–water partition coefficient (Wildman–Crippen LogP) is 3.01. The Bertz CT molecular complexity index is 872. The van der Waals surface area contributed by atoms with Crippen LogP contribution in [-0.4, -0.2) is 29.3 Å². The van der Waals surface area contributed by atoms with E-state index in [0.717, 1.165) is 4.90 Å². The van der Waals surface area contributed by atoms with Crippen LogP contribution in [0.3, 0.4) is 0 Å². The summed E-state index contributed by atoms with van der Waals surface area (Å²) in [5.41, 5.74) is -0.523. The van der Waals surface area contributed by atoms with Gasteiger partial charge in [-0.2, -0.15) is 0 Å². The third-order valence-electron chi connectivity index (χ3n) is 4.52. The smallest absolute Gasteiger partial charge is 0.322 e. The Hall–Kier alpha value is -3.22. The highest BCUT2D eigenvalue weighted by Gasteiger charge is 2.52. The van der Waals surface area contributed by atoms with Crippen molar-refractivity contribution in [3.8, 4) is 0 Å². The van der Waals surface area contributed by atoms with E-state index in [2.05, 4.69) is 10.6 Å². The van der Waals surface area contributed by atoms with Gasteiger partial charge in [0.25, 0.3) is 5.91 Å². The van der Waals surface area contributed by atoms with Crippen molar-refractivity contribution in [2.24, 2.45) is 0 Å². The molecule has 0 aromatic heterocycles. The Labute approximate surface area is 156 Å². The topological polar surface area (TPSA) is 78.5 Å². The fourth-order valence-electron chi connectivity index (χ4n) is 3.27. The minimum absolute atomic E-state index is 0.00238. The van der Waals surface area contributed by atoms with Gasteiger partial charge in [-0.1, -0.05) is 55.8 Å². The number of para-hydroxylation sites is 1. The number of amides is 4. The summed E-state index contributed by atoms with van der Waals surface area (Å²) < 4.78 is 13.7. The molecule has 1 unspecified atom stereocenters. The van der Waals surface area contributed by atoms with Crippen molar-refractivity contribution in [1.82, 2.24) is 10.2 Å². The van der Waals surface area contributed by atoms with Gasteiger partial charge in [0.1, 0.15) is 17.9 Å². The summed E-state index contributed by atoms with van der Waals surface area (Å²) in [4.78, 5) is 38.7. The molecule has 0 bridgehead atoms. The maximum atomic E-state index is 13.7. The summed E-state index contributed by atoms with van der Waals surface area (Å²) in [6.07, 6.45) is 1.07. The summed E-state index contributed by atoms with van der Waals surface area (Å²) in [5, 5.41) is 5.14. The lowest BCUT2D eigenvalue weighted by Crippen LogP contribution is -2.44. The summed E-state index contributed by atoms with van der Waals surface area (Å²) in [5.74, 6) is -1.72. The fourth-order valence-corrected chi connectivity index (χ4v) is 3.27. The summed E-state index contributed by atoms with van der Waals surface area (Å²) >= 11 is 0. The van der Waals surface area contributed by atoms with Crippen molar-refractivity contribution < 1.29 is 18.8 Å². The lowest BCUT2D eigenvalue weighted by Gasteiger charge is -2.26. The Morgan fingerprint density at radius 1 is 1.11 bits per heavy atom.